The van der Waals surface area contributed by atoms with Crippen LogP contribution in [0.15, 0.2) is 59.9 Å². The molecule has 0 unspecified atom stereocenters. The molecule has 1 aromatic heterocycles. The van der Waals surface area contributed by atoms with E-state index in [-0.39, 0.29) is 24.4 Å². The second-order valence-corrected chi connectivity index (χ2v) is 9.21. The van der Waals surface area contributed by atoms with Crippen LogP contribution in [0.3, 0.4) is 0 Å². The normalized spacial score (nSPS) is 18.4. The maximum Gasteiger partial charge on any atom is 0.145 e. The maximum atomic E-state index is 13.9. The molecule has 4 rings (SSSR count). The summed E-state index contributed by atoms with van der Waals surface area (Å²) in [6.07, 6.45) is 5.11. The van der Waals surface area contributed by atoms with E-state index in [1.54, 1.807) is 42.6 Å². The average molecular weight is 501 g/mol. The fraction of sp³-hybridized carbons (Fsp3) is 0.280. The van der Waals surface area contributed by atoms with Crippen LogP contribution in [0, 0.1) is 5.82 Å². The van der Waals surface area contributed by atoms with Gasteiger partial charge >= 0.3 is 0 Å². The van der Waals surface area contributed by atoms with Gasteiger partial charge in [-0.1, -0.05) is 54.0 Å². The van der Waals surface area contributed by atoms with E-state index in [1.807, 2.05) is 4.57 Å². The van der Waals surface area contributed by atoms with Crippen LogP contribution in [0.25, 0.3) is 11.4 Å². The molecule has 1 saturated carbocycles. The van der Waals surface area contributed by atoms with Gasteiger partial charge in [-0.3, -0.25) is 0 Å². The highest BCUT2D eigenvalue weighted by atomic mass is 35.5. The van der Waals surface area contributed by atoms with Crippen LogP contribution in [-0.4, -0.2) is 21.8 Å². The molecule has 34 heavy (non-hydrogen) atoms. The van der Waals surface area contributed by atoms with E-state index in [2.05, 4.69) is 16.9 Å². The Morgan fingerprint density at radius 1 is 1.15 bits per heavy atom. The monoisotopic (exact) mass is 500 g/mol. The van der Waals surface area contributed by atoms with Crippen molar-refractivity contribution in [2.75, 3.05) is 5.73 Å². The van der Waals surface area contributed by atoms with Gasteiger partial charge in [-0.2, -0.15) is 0 Å². The zero-order chi connectivity index (χ0) is 24.2. The number of hydrogen-bond acceptors (Lipinski definition) is 5. The number of nitrogens with zero attached hydrogens (tertiary/aromatic N) is 3. The molecule has 178 valence electrons. The molecule has 1 heterocycles. The van der Waals surface area contributed by atoms with E-state index in [9.17, 15) is 4.39 Å². The molecule has 6 nitrogen and oxygen atoms in total. The van der Waals surface area contributed by atoms with Gasteiger partial charge in [0.1, 0.15) is 29.0 Å². The summed E-state index contributed by atoms with van der Waals surface area (Å²) >= 11 is 13.0. The molecular weight excluding hydrogens is 474 g/mol. The van der Waals surface area contributed by atoms with Crippen molar-refractivity contribution in [1.29, 1.82) is 0 Å². The maximum absolute atomic E-state index is 13.9. The van der Waals surface area contributed by atoms with Gasteiger partial charge in [-0.15, -0.1) is 0 Å². The third-order valence-electron chi connectivity index (χ3n) is 6.05. The minimum absolute atomic E-state index is 0.124. The number of aliphatic imine (C=N–C) groups is 1. The Hall–Kier alpha value is -2.87. The molecule has 0 radical (unpaired) electrons. The second kappa shape index (κ2) is 10.6. The highest BCUT2D eigenvalue weighted by Gasteiger charge is 2.27. The van der Waals surface area contributed by atoms with Crippen molar-refractivity contribution in [3.05, 3.63) is 82.0 Å². The summed E-state index contributed by atoms with van der Waals surface area (Å²) in [7, 11) is 0. The molecule has 0 bridgehead atoms. The Bertz CT molecular complexity index is 1190. The molecule has 2 aromatic carbocycles. The van der Waals surface area contributed by atoms with Crippen LogP contribution in [0.4, 0.5) is 10.2 Å². The Kier molecular flexibility index (Phi) is 7.56. The standard InChI is InChI=1S/C25H27Cl2FN6/c1-15(31-13-16-5-2-3-8-21(16)28)32-14-22-24(30)34(18-11-9-17(29)10-12-18)25(33-22)23-19(26)6-4-7-20(23)27/h2-8,14,17-18,31H,1,9-13,29-30H2. The van der Waals surface area contributed by atoms with E-state index in [4.69, 9.17) is 39.7 Å². The Balaban J connectivity index is 1.63. The predicted octanol–water partition coefficient (Wildman–Crippen LogP) is 5.70. The number of rotatable bonds is 7. The van der Waals surface area contributed by atoms with E-state index >= 15 is 0 Å². The van der Waals surface area contributed by atoms with Gasteiger partial charge in [-0.05, 0) is 43.9 Å². The summed E-state index contributed by atoms with van der Waals surface area (Å²) in [6.45, 7) is 4.15. The molecule has 3 aromatic rings. The number of benzene rings is 2. The topological polar surface area (TPSA) is 94.2 Å². The van der Waals surface area contributed by atoms with Crippen LogP contribution in [0.1, 0.15) is 43.0 Å². The summed E-state index contributed by atoms with van der Waals surface area (Å²) in [6, 6.07) is 12.2. The van der Waals surface area contributed by atoms with Crippen molar-refractivity contribution in [2.45, 2.75) is 44.3 Å². The summed E-state index contributed by atoms with van der Waals surface area (Å²) in [5.41, 5.74) is 14.3. The molecule has 1 fully saturated rings. The predicted molar refractivity (Wildman–Crippen MR) is 138 cm³/mol. The number of imidazole rings is 1. The molecule has 0 aliphatic heterocycles. The van der Waals surface area contributed by atoms with Crippen LogP contribution >= 0.6 is 23.2 Å². The van der Waals surface area contributed by atoms with Crippen LogP contribution < -0.4 is 16.8 Å². The quantitative estimate of drug-likeness (QED) is 0.362. The summed E-state index contributed by atoms with van der Waals surface area (Å²) < 4.78 is 15.8. The third-order valence-corrected chi connectivity index (χ3v) is 6.68. The Morgan fingerprint density at radius 3 is 2.50 bits per heavy atom. The summed E-state index contributed by atoms with van der Waals surface area (Å²) in [4.78, 5) is 9.12. The van der Waals surface area contributed by atoms with Crippen molar-refractivity contribution in [1.82, 2.24) is 14.9 Å². The van der Waals surface area contributed by atoms with E-state index in [0.29, 0.717) is 44.3 Å². The summed E-state index contributed by atoms with van der Waals surface area (Å²) in [5.74, 6) is 1.14. The molecule has 0 amide bonds. The lowest BCUT2D eigenvalue weighted by molar-refractivity contribution is 0.328. The van der Waals surface area contributed by atoms with Crippen molar-refractivity contribution >= 4 is 35.2 Å². The smallest absolute Gasteiger partial charge is 0.145 e. The number of anilines is 1. The molecule has 9 heteroatoms. The zero-order valence-electron chi connectivity index (χ0n) is 18.6. The first-order chi connectivity index (χ1) is 16.3. The largest absolute Gasteiger partial charge is 0.383 e. The number of halogens is 3. The molecule has 5 N–H and O–H groups in total. The molecule has 0 saturated heterocycles. The number of nitrogen functional groups attached to an aromatic ring is 1. The average Bonchev–Trinajstić information content (AvgIpc) is 3.13. The van der Waals surface area contributed by atoms with E-state index in [0.717, 1.165) is 25.7 Å². The van der Waals surface area contributed by atoms with Crippen molar-refractivity contribution < 1.29 is 4.39 Å². The van der Waals surface area contributed by atoms with Crippen molar-refractivity contribution in [3.63, 3.8) is 0 Å². The lowest BCUT2D eigenvalue weighted by Gasteiger charge is -2.29. The van der Waals surface area contributed by atoms with Crippen LogP contribution in [0.2, 0.25) is 10.0 Å². The van der Waals surface area contributed by atoms with E-state index in [1.165, 1.54) is 6.07 Å². The molecule has 1 aliphatic carbocycles. The van der Waals surface area contributed by atoms with E-state index < -0.39 is 0 Å². The number of hydrogen-bond donors (Lipinski definition) is 3. The lowest BCUT2D eigenvalue weighted by Crippen LogP contribution is -2.28. The first-order valence-electron chi connectivity index (χ1n) is 11.1. The molecule has 0 atom stereocenters. The first-order valence-corrected chi connectivity index (χ1v) is 11.9. The van der Waals surface area contributed by atoms with Crippen LogP contribution in [0.5, 0.6) is 0 Å². The van der Waals surface area contributed by atoms with Gasteiger partial charge in [0.2, 0.25) is 0 Å². The zero-order valence-corrected chi connectivity index (χ0v) is 20.2. The second-order valence-electron chi connectivity index (χ2n) is 8.39. The number of nitrogens with one attached hydrogen (secondary N) is 1. The Labute approximate surface area is 208 Å². The lowest BCUT2D eigenvalue weighted by atomic mass is 9.91. The highest BCUT2D eigenvalue weighted by Crippen LogP contribution is 2.40. The SMILES string of the molecule is C=C(N=Cc1nc(-c2c(Cl)cccc2Cl)n(C2CCC(N)CC2)c1N)NCc1ccccc1F. The fourth-order valence-electron chi connectivity index (χ4n) is 4.20. The molecular formula is C25H27Cl2FN6. The molecule has 0 spiro atoms. The summed E-state index contributed by atoms with van der Waals surface area (Å²) in [5, 5.41) is 3.99. The van der Waals surface area contributed by atoms with Gasteiger partial charge in [0.15, 0.2) is 0 Å². The van der Waals surface area contributed by atoms with Crippen molar-refractivity contribution in [3.8, 4) is 11.4 Å². The van der Waals surface area contributed by atoms with Crippen LogP contribution in [-0.2, 0) is 6.54 Å². The minimum atomic E-state index is -0.289. The number of aromatic nitrogens is 2. The van der Waals surface area contributed by atoms with Crippen molar-refractivity contribution in [2.24, 2.45) is 10.7 Å². The fourth-order valence-corrected chi connectivity index (χ4v) is 4.77. The molecule has 1 aliphatic rings. The van der Waals surface area contributed by atoms with Gasteiger partial charge in [0.05, 0.1) is 21.8 Å². The minimum Gasteiger partial charge on any atom is -0.383 e. The van der Waals surface area contributed by atoms with Gasteiger partial charge in [-0.25, -0.2) is 14.4 Å². The number of nitrogens with two attached hydrogens (primary N) is 2. The highest BCUT2D eigenvalue weighted by molar-refractivity contribution is 6.39. The van der Waals surface area contributed by atoms with Gasteiger partial charge in [0.25, 0.3) is 0 Å². The van der Waals surface area contributed by atoms with Gasteiger partial charge in [0, 0.05) is 24.2 Å². The third kappa shape index (κ3) is 5.27. The Morgan fingerprint density at radius 2 is 1.82 bits per heavy atom. The first kappa shape index (κ1) is 24.3. The van der Waals surface area contributed by atoms with Gasteiger partial charge < -0.3 is 21.4 Å².